The molecule has 0 radical (unpaired) electrons. The molecule has 0 amide bonds. The molecule has 1 heterocycles. The van der Waals surface area contributed by atoms with Crippen molar-refractivity contribution in [1.82, 2.24) is 4.98 Å². The molecule has 0 spiro atoms. The maximum Gasteiger partial charge on any atom is 0.417 e. The number of aromatic nitrogens is 1. The van der Waals surface area contributed by atoms with Gasteiger partial charge in [0.05, 0.1) is 11.1 Å². The molecule has 0 atom stereocenters. The number of halogens is 3. The van der Waals surface area contributed by atoms with Crippen LogP contribution in [0.3, 0.4) is 0 Å². The average Bonchev–Trinajstić information content (AvgIpc) is 2.52. The summed E-state index contributed by atoms with van der Waals surface area (Å²) in [7, 11) is 0. The third-order valence-corrected chi connectivity index (χ3v) is 7.12. The zero-order valence-electron chi connectivity index (χ0n) is 14.2. The van der Waals surface area contributed by atoms with Gasteiger partial charge in [-0.1, -0.05) is 6.92 Å². The standard InChI is InChI=1S/C19H21F3N2S/c1-2-25-17-14(10-23)15(19(20,21)22)6-16(24-17)18-7-11-3-12(8-18)5-13(4-11)9-18/h6,11-13H,2-5,7-9H2,1H3. The van der Waals surface area contributed by atoms with Gasteiger partial charge in [-0.25, -0.2) is 4.98 Å². The van der Waals surface area contributed by atoms with Crippen LogP contribution in [0.4, 0.5) is 13.2 Å². The maximum absolute atomic E-state index is 13.6. The fourth-order valence-electron chi connectivity index (χ4n) is 5.79. The summed E-state index contributed by atoms with van der Waals surface area (Å²) >= 11 is 1.24. The Kier molecular flexibility index (Phi) is 4.06. The summed E-state index contributed by atoms with van der Waals surface area (Å²) in [4.78, 5) is 4.64. The van der Waals surface area contributed by atoms with Gasteiger partial charge in [0.2, 0.25) is 0 Å². The van der Waals surface area contributed by atoms with E-state index in [0.717, 1.165) is 19.3 Å². The third-order valence-electron chi connectivity index (χ3n) is 6.27. The van der Waals surface area contributed by atoms with E-state index >= 15 is 0 Å². The molecule has 0 unspecified atom stereocenters. The topological polar surface area (TPSA) is 36.7 Å². The van der Waals surface area contributed by atoms with Crippen molar-refractivity contribution in [2.24, 2.45) is 17.8 Å². The number of hydrogen-bond acceptors (Lipinski definition) is 3. The first-order valence-electron chi connectivity index (χ1n) is 9.00. The zero-order valence-corrected chi connectivity index (χ0v) is 15.0. The lowest BCUT2D eigenvalue weighted by atomic mass is 9.48. The molecule has 5 rings (SSSR count). The molecule has 4 aliphatic carbocycles. The molecular formula is C19H21F3N2S. The van der Waals surface area contributed by atoms with Gasteiger partial charge in [0, 0.05) is 11.1 Å². The molecule has 0 N–H and O–H groups in total. The second-order valence-electron chi connectivity index (χ2n) is 7.98. The predicted molar refractivity (Wildman–Crippen MR) is 90.2 cm³/mol. The fourth-order valence-corrected chi connectivity index (χ4v) is 6.53. The summed E-state index contributed by atoms with van der Waals surface area (Å²) in [5.41, 5.74) is -0.723. The van der Waals surface area contributed by atoms with Gasteiger partial charge in [-0.05, 0) is 68.1 Å². The molecule has 2 nitrogen and oxygen atoms in total. The van der Waals surface area contributed by atoms with Crippen molar-refractivity contribution in [3.63, 3.8) is 0 Å². The van der Waals surface area contributed by atoms with Crippen molar-refractivity contribution in [3.8, 4) is 6.07 Å². The minimum Gasteiger partial charge on any atom is -0.245 e. The first kappa shape index (κ1) is 17.2. The molecule has 6 heteroatoms. The molecule has 25 heavy (non-hydrogen) atoms. The highest BCUT2D eigenvalue weighted by molar-refractivity contribution is 7.99. The second-order valence-corrected chi connectivity index (χ2v) is 9.23. The molecule has 1 aromatic rings. The Balaban J connectivity index is 1.85. The van der Waals surface area contributed by atoms with E-state index in [2.05, 4.69) is 4.98 Å². The molecule has 4 aliphatic rings. The Hall–Kier alpha value is -1.22. The summed E-state index contributed by atoms with van der Waals surface area (Å²) in [6.45, 7) is 1.87. The van der Waals surface area contributed by atoms with Gasteiger partial charge in [-0.15, -0.1) is 11.8 Å². The van der Waals surface area contributed by atoms with Gasteiger partial charge >= 0.3 is 6.18 Å². The normalized spacial score (nSPS) is 33.5. The molecule has 134 valence electrons. The summed E-state index contributed by atoms with van der Waals surface area (Å²) in [6, 6.07) is 2.95. The van der Waals surface area contributed by atoms with Gasteiger partial charge in [0.25, 0.3) is 0 Å². The van der Waals surface area contributed by atoms with Crippen molar-refractivity contribution >= 4 is 11.8 Å². The number of rotatable bonds is 3. The van der Waals surface area contributed by atoms with Crippen molar-refractivity contribution in [2.45, 2.75) is 62.1 Å². The van der Waals surface area contributed by atoms with E-state index in [9.17, 15) is 18.4 Å². The zero-order chi connectivity index (χ0) is 17.8. The van der Waals surface area contributed by atoms with Crippen LogP contribution in [0.2, 0.25) is 0 Å². The molecule has 0 saturated heterocycles. The summed E-state index contributed by atoms with van der Waals surface area (Å²) < 4.78 is 40.9. The Labute approximate surface area is 150 Å². The van der Waals surface area contributed by atoms with Gasteiger partial charge < -0.3 is 0 Å². The van der Waals surface area contributed by atoms with Crippen LogP contribution in [0.1, 0.15) is 62.3 Å². The highest BCUT2D eigenvalue weighted by atomic mass is 32.2. The molecule has 4 fully saturated rings. The summed E-state index contributed by atoms with van der Waals surface area (Å²) in [5, 5.41) is 9.57. The van der Waals surface area contributed by atoms with E-state index < -0.39 is 11.7 Å². The van der Waals surface area contributed by atoms with E-state index in [1.165, 1.54) is 37.1 Å². The van der Waals surface area contributed by atoms with Crippen molar-refractivity contribution in [2.75, 3.05) is 5.75 Å². The van der Waals surface area contributed by atoms with Crippen LogP contribution in [-0.4, -0.2) is 10.7 Å². The minimum absolute atomic E-state index is 0.203. The SMILES string of the molecule is CCSc1nc(C23CC4CC(CC(C4)C2)C3)cc(C(F)(F)F)c1C#N. The molecule has 0 aromatic carbocycles. The molecular weight excluding hydrogens is 345 g/mol. The monoisotopic (exact) mass is 366 g/mol. The minimum atomic E-state index is -4.52. The van der Waals surface area contributed by atoms with Gasteiger partial charge in [0.1, 0.15) is 11.1 Å². The Morgan fingerprint density at radius 2 is 1.76 bits per heavy atom. The Morgan fingerprint density at radius 1 is 1.20 bits per heavy atom. The average molecular weight is 366 g/mol. The van der Waals surface area contributed by atoms with Crippen LogP contribution in [0.15, 0.2) is 11.1 Å². The largest absolute Gasteiger partial charge is 0.417 e. The van der Waals surface area contributed by atoms with E-state index in [0.29, 0.717) is 29.2 Å². The van der Waals surface area contributed by atoms with Crippen LogP contribution < -0.4 is 0 Å². The van der Waals surface area contributed by atoms with Crippen molar-refractivity contribution < 1.29 is 13.2 Å². The van der Waals surface area contributed by atoms with E-state index in [-0.39, 0.29) is 16.0 Å². The summed E-state index contributed by atoms with van der Waals surface area (Å²) in [5.74, 6) is 2.52. The van der Waals surface area contributed by atoms with Crippen LogP contribution in [0.5, 0.6) is 0 Å². The maximum atomic E-state index is 13.6. The number of nitrogens with zero attached hydrogens (tertiary/aromatic N) is 2. The second kappa shape index (κ2) is 5.90. The third kappa shape index (κ3) is 2.85. The molecule has 1 aromatic heterocycles. The van der Waals surface area contributed by atoms with E-state index in [1.54, 1.807) is 6.07 Å². The number of alkyl halides is 3. The predicted octanol–water partition coefficient (Wildman–Crippen LogP) is 5.55. The van der Waals surface area contributed by atoms with E-state index in [1.807, 2.05) is 6.92 Å². The van der Waals surface area contributed by atoms with Crippen LogP contribution in [0.25, 0.3) is 0 Å². The smallest absolute Gasteiger partial charge is 0.245 e. The highest BCUT2D eigenvalue weighted by Gasteiger charge is 2.53. The molecule has 0 aliphatic heterocycles. The number of nitriles is 1. The lowest BCUT2D eigenvalue weighted by Gasteiger charge is -2.56. The van der Waals surface area contributed by atoms with Gasteiger partial charge in [-0.3, -0.25) is 0 Å². The van der Waals surface area contributed by atoms with Gasteiger partial charge in [0.15, 0.2) is 0 Å². The van der Waals surface area contributed by atoms with Crippen molar-refractivity contribution in [1.29, 1.82) is 5.26 Å². The Bertz CT molecular complexity index is 700. The van der Waals surface area contributed by atoms with Crippen LogP contribution >= 0.6 is 11.8 Å². The fraction of sp³-hybridized carbons (Fsp3) is 0.684. The number of hydrogen-bond donors (Lipinski definition) is 0. The molecule has 4 bridgehead atoms. The van der Waals surface area contributed by atoms with Crippen molar-refractivity contribution in [3.05, 3.63) is 22.9 Å². The number of thioether (sulfide) groups is 1. The molecule has 4 saturated carbocycles. The first-order chi connectivity index (χ1) is 11.8. The number of pyridine rings is 1. The lowest BCUT2D eigenvalue weighted by molar-refractivity contribution is -0.138. The lowest BCUT2D eigenvalue weighted by Crippen LogP contribution is -2.49. The highest BCUT2D eigenvalue weighted by Crippen LogP contribution is 2.60. The quantitative estimate of drug-likeness (QED) is 0.658. The van der Waals surface area contributed by atoms with Gasteiger partial charge in [-0.2, -0.15) is 18.4 Å². The Morgan fingerprint density at radius 3 is 2.20 bits per heavy atom. The first-order valence-corrected chi connectivity index (χ1v) is 9.99. The van der Waals surface area contributed by atoms with Crippen LogP contribution in [0, 0.1) is 29.1 Å². The van der Waals surface area contributed by atoms with Crippen LogP contribution in [-0.2, 0) is 11.6 Å². The summed E-state index contributed by atoms with van der Waals surface area (Å²) in [6.07, 6.45) is 2.07. The van der Waals surface area contributed by atoms with E-state index in [4.69, 9.17) is 0 Å².